The molecule has 0 spiro atoms. The molecule has 0 amide bonds. The van der Waals surface area contributed by atoms with Crippen molar-refractivity contribution in [1.29, 1.82) is 0 Å². The second-order valence-electron chi connectivity index (χ2n) is 26.7. The standard InChI is InChI=1S/C49H33N3.C31H21BrN2.C18H14BNO2/c1-3-15-37(16-4-1)51-46-25-13-11-23-43(46)44-33-36(31-32-47(44)51)40-20-8-10-22-42(40)41-21-9-7-19-39(41)34-27-29-35(30-28-34)49-50-45-24-12-14-26-48(45)52(49)38-17-5-2-6-18-38;32-28-15-7-6-14-27(28)26-13-5-4-12-25(26)22-18-20-23(21-19-22)31-33-29-16-8-9-17-30(29)34(31)24-10-2-1-3-11-24;21-19(22)13-10-11-18-16(12-13)15-8-4-5-9-17(15)20(18)14-6-2-1-3-7-14/h1-33H;1-21H;1-12,21-22H. The van der Waals surface area contributed by atoms with Gasteiger partial charge in [-0.1, -0.05) is 307 Å². The third-order valence-electron chi connectivity index (χ3n) is 20.3. The molecule has 0 bridgehead atoms. The van der Waals surface area contributed by atoms with E-state index in [1.807, 2.05) is 66.7 Å². The van der Waals surface area contributed by atoms with Gasteiger partial charge in [-0.2, -0.15) is 0 Å². The maximum Gasteiger partial charge on any atom is 0.488 e. The summed E-state index contributed by atoms with van der Waals surface area (Å²) in [6.45, 7) is 0. The van der Waals surface area contributed by atoms with Gasteiger partial charge in [0.25, 0.3) is 0 Å². The molecular formula is C98H68BBrN6O2. The van der Waals surface area contributed by atoms with E-state index in [9.17, 15) is 10.0 Å². The fraction of sp³-hybridized carbons (Fsp3) is 0. The van der Waals surface area contributed by atoms with Crippen LogP contribution < -0.4 is 5.46 Å². The van der Waals surface area contributed by atoms with Gasteiger partial charge in [0.1, 0.15) is 11.6 Å². The Bertz CT molecular complexity index is 6650. The van der Waals surface area contributed by atoms with Crippen LogP contribution in [0, 0.1) is 0 Å². The summed E-state index contributed by atoms with van der Waals surface area (Å²) in [6.07, 6.45) is 0. The van der Waals surface area contributed by atoms with E-state index in [0.29, 0.717) is 5.46 Å². The first-order chi connectivity index (χ1) is 53.4. The lowest BCUT2D eigenvalue weighted by atomic mass is 9.80. The molecule has 16 aromatic carbocycles. The van der Waals surface area contributed by atoms with Crippen molar-refractivity contribution in [2.24, 2.45) is 0 Å². The highest BCUT2D eigenvalue weighted by Gasteiger charge is 2.22. The maximum atomic E-state index is 9.43. The minimum atomic E-state index is -1.46. The summed E-state index contributed by atoms with van der Waals surface area (Å²) in [5.41, 5.74) is 27.8. The summed E-state index contributed by atoms with van der Waals surface area (Å²) in [5, 5.41) is 23.5. The molecule has 0 unspecified atom stereocenters. The SMILES string of the molecule is Brc1ccccc1-c1ccccc1-c1ccc(-c2nc3ccccc3n2-c2ccccc2)cc1.OB(O)c1ccc2c(c1)c1ccccc1n2-c1ccccc1.c1ccc(-n2c(-c3ccc(-c4ccccc4-c4ccccc4-c4ccc5c(c4)c4ccccc4n5-c4ccccc4)cc3)nc3ccccc32)cc1. The fourth-order valence-corrected chi connectivity index (χ4v) is 15.8. The number of hydrogen-bond acceptors (Lipinski definition) is 4. The van der Waals surface area contributed by atoms with Gasteiger partial charge < -0.3 is 19.2 Å². The van der Waals surface area contributed by atoms with Crippen molar-refractivity contribution in [3.8, 4) is 101 Å². The Morgan fingerprint density at radius 1 is 0.222 bits per heavy atom. The van der Waals surface area contributed by atoms with Gasteiger partial charge in [0.2, 0.25) is 0 Å². The largest absolute Gasteiger partial charge is 0.488 e. The van der Waals surface area contributed by atoms with Crippen molar-refractivity contribution >= 4 is 94.2 Å². The van der Waals surface area contributed by atoms with Crippen LogP contribution in [-0.4, -0.2) is 45.4 Å². The van der Waals surface area contributed by atoms with E-state index < -0.39 is 7.12 Å². The van der Waals surface area contributed by atoms with E-state index in [0.717, 1.165) is 93.7 Å². The number of hydrogen-bond donors (Lipinski definition) is 2. The van der Waals surface area contributed by atoms with Crippen LogP contribution in [0.3, 0.4) is 0 Å². The average Bonchev–Trinajstić information content (AvgIpc) is 1.60. The quantitative estimate of drug-likeness (QED) is 0.119. The third kappa shape index (κ3) is 12.5. The summed E-state index contributed by atoms with van der Waals surface area (Å²) in [6, 6.07) is 140. The lowest BCUT2D eigenvalue weighted by Crippen LogP contribution is -2.29. The number of para-hydroxylation sites is 10. The minimum Gasteiger partial charge on any atom is -0.423 e. The molecule has 512 valence electrons. The third-order valence-corrected chi connectivity index (χ3v) is 21.0. The van der Waals surface area contributed by atoms with E-state index in [1.54, 1.807) is 6.07 Å². The molecular weight excluding hydrogens is 1380 g/mol. The topological polar surface area (TPSA) is 86.0 Å². The smallest absolute Gasteiger partial charge is 0.423 e. The first-order valence-corrected chi connectivity index (χ1v) is 37.0. The summed E-state index contributed by atoms with van der Waals surface area (Å²) in [7, 11) is -1.46. The predicted octanol–water partition coefficient (Wildman–Crippen LogP) is 24.0. The second kappa shape index (κ2) is 29.2. The number of benzene rings is 16. The van der Waals surface area contributed by atoms with Crippen LogP contribution in [0.2, 0.25) is 0 Å². The zero-order valence-corrected chi connectivity index (χ0v) is 60.2. The van der Waals surface area contributed by atoms with Crippen LogP contribution >= 0.6 is 15.9 Å². The number of nitrogens with zero attached hydrogens (tertiary/aromatic N) is 6. The van der Waals surface area contributed by atoms with Crippen molar-refractivity contribution in [3.63, 3.8) is 0 Å². The summed E-state index contributed by atoms with van der Waals surface area (Å²) in [5.74, 6) is 1.87. The zero-order chi connectivity index (χ0) is 72.4. The van der Waals surface area contributed by atoms with E-state index in [1.165, 1.54) is 77.6 Å². The van der Waals surface area contributed by atoms with E-state index in [-0.39, 0.29) is 0 Å². The van der Waals surface area contributed by atoms with E-state index in [4.69, 9.17) is 9.97 Å². The van der Waals surface area contributed by atoms with Crippen LogP contribution in [0.15, 0.2) is 405 Å². The highest BCUT2D eigenvalue weighted by Crippen LogP contribution is 2.43. The minimum absolute atomic E-state index is 0.503. The number of aromatic nitrogens is 6. The lowest BCUT2D eigenvalue weighted by molar-refractivity contribution is 0.426. The van der Waals surface area contributed by atoms with Crippen molar-refractivity contribution in [2.45, 2.75) is 0 Å². The molecule has 0 aliphatic rings. The Hall–Kier alpha value is -13.5. The molecule has 0 saturated carbocycles. The average molecular weight is 1450 g/mol. The Morgan fingerprint density at radius 3 is 0.944 bits per heavy atom. The van der Waals surface area contributed by atoms with E-state index >= 15 is 0 Å². The molecule has 0 fully saturated rings. The Balaban J connectivity index is 0.000000125. The maximum absolute atomic E-state index is 9.43. The van der Waals surface area contributed by atoms with Crippen molar-refractivity contribution < 1.29 is 10.0 Å². The van der Waals surface area contributed by atoms with Gasteiger partial charge in [-0.3, -0.25) is 9.13 Å². The highest BCUT2D eigenvalue weighted by molar-refractivity contribution is 9.10. The lowest BCUT2D eigenvalue weighted by Gasteiger charge is -2.16. The zero-order valence-electron chi connectivity index (χ0n) is 58.6. The van der Waals surface area contributed by atoms with Crippen molar-refractivity contribution in [2.75, 3.05) is 0 Å². The highest BCUT2D eigenvalue weighted by atomic mass is 79.9. The second-order valence-corrected chi connectivity index (χ2v) is 27.6. The molecule has 10 heteroatoms. The van der Waals surface area contributed by atoms with Crippen molar-refractivity contribution in [3.05, 3.63) is 405 Å². The summed E-state index contributed by atoms with van der Waals surface area (Å²) >= 11 is 3.72. The number of fused-ring (bicyclic) bond motifs is 8. The molecule has 20 rings (SSSR count). The molecule has 108 heavy (non-hydrogen) atoms. The predicted molar refractivity (Wildman–Crippen MR) is 453 cm³/mol. The molecule has 20 aromatic rings. The van der Waals surface area contributed by atoms with Gasteiger partial charge >= 0.3 is 7.12 Å². The van der Waals surface area contributed by atoms with Gasteiger partial charge in [-0.25, -0.2) is 9.97 Å². The first kappa shape index (κ1) is 66.5. The van der Waals surface area contributed by atoms with Gasteiger partial charge in [-0.05, 0) is 170 Å². The van der Waals surface area contributed by atoms with Crippen LogP contribution in [0.5, 0.6) is 0 Å². The first-order valence-electron chi connectivity index (χ1n) is 36.2. The Labute approximate surface area is 634 Å². The molecule has 0 aliphatic heterocycles. The number of rotatable bonds is 12. The van der Waals surface area contributed by atoms with Crippen molar-refractivity contribution in [1.82, 2.24) is 28.2 Å². The normalized spacial score (nSPS) is 11.3. The Morgan fingerprint density at radius 2 is 0.519 bits per heavy atom. The summed E-state index contributed by atoms with van der Waals surface area (Å²) < 4.78 is 10.1. The van der Waals surface area contributed by atoms with Crippen LogP contribution in [-0.2, 0) is 0 Å². The molecule has 0 atom stereocenters. The van der Waals surface area contributed by atoms with Gasteiger partial charge in [0.05, 0.1) is 44.1 Å². The Kier molecular flexibility index (Phi) is 18.0. The van der Waals surface area contributed by atoms with Crippen LogP contribution in [0.1, 0.15) is 0 Å². The molecule has 8 nitrogen and oxygen atoms in total. The monoisotopic (exact) mass is 1450 g/mol. The molecule has 4 aromatic heterocycles. The summed E-state index contributed by atoms with van der Waals surface area (Å²) in [4.78, 5) is 10.1. The van der Waals surface area contributed by atoms with Crippen LogP contribution in [0.25, 0.3) is 167 Å². The molecule has 0 aliphatic carbocycles. The van der Waals surface area contributed by atoms with Gasteiger partial charge in [-0.15, -0.1) is 0 Å². The van der Waals surface area contributed by atoms with E-state index in [2.05, 4.69) is 362 Å². The fourth-order valence-electron chi connectivity index (χ4n) is 15.3. The number of halogens is 1. The van der Waals surface area contributed by atoms with Crippen LogP contribution in [0.4, 0.5) is 0 Å². The molecule has 4 heterocycles. The molecule has 2 N–H and O–H groups in total. The number of imidazole rings is 2. The van der Waals surface area contributed by atoms with Gasteiger partial charge in [0.15, 0.2) is 0 Å². The molecule has 0 saturated heterocycles. The van der Waals surface area contributed by atoms with Gasteiger partial charge in [0, 0.05) is 59.9 Å². The molecule has 0 radical (unpaired) electrons.